The van der Waals surface area contributed by atoms with Gasteiger partial charge in [0.05, 0.1) is 32.8 Å². The van der Waals surface area contributed by atoms with E-state index in [0.717, 1.165) is 11.3 Å². The average Bonchev–Trinajstić information content (AvgIpc) is 2.92. The number of ether oxygens (including phenoxy) is 1. The van der Waals surface area contributed by atoms with Crippen LogP contribution in [0.2, 0.25) is 0 Å². The summed E-state index contributed by atoms with van der Waals surface area (Å²) in [5.41, 5.74) is 0.398. The highest BCUT2D eigenvalue weighted by atomic mass is 32.2. The van der Waals surface area contributed by atoms with Crippen molar-refractivity contribution in [2.24, 2.45) is 0 Å². The normalized spacial score (nSPS) is 18.5. The maximum absolute atomic E-state index is 12.9. The van der Waals surface area contributed by atoms with Gasteiger partial charge in [0.15, 0.2) is 9.84 Å². The number of sulfone groups is 1. The lowest BCUT2D eigenvalue weighted by Crippen LogP contribution is -2.41. The number of fused-ring (bicyclic) bond motifs is 1. The Morgan fingerprint density at radius 2 is 1.75 bits per heavy atom. The molecule has 1 aromatic heterocycles. The van der Waals surface area contributed by atoms with Gasteiger partial charge in [-0.25, -0.2) is 13.4 Å². The molecule has 0 unspecified atom stereocenters. The third kappa shape index (κ3) is 3.84. The summed E-state index contributed by atoms with van der Waals surface area (Å²) in [6, 6.07) is 5.14. The maximum atomic E-state index is 12.9. The molecule has 156 valence electrons. The lowest BCUT2D eigenvalue weighted by Gasteiger charge is -2.34. The summed E-state index contributed by atoms with van der Waals surface area (Å²) in [6.45, 7) is 12.8. The third-order valence-corrected chi connectivity index (χ3v) is 7.87. The van der Waals surface area contributed by atoms with Gasteiger partial charge in [-0.3, -0.25) is 0 Å². The Bertz CT molecular complexity index is 972. The maximum Gasteiger partial charge on any atom is 0.183 e. The highest BCUT2D eigenvalue weighted by Crippen LogP contribution is 2.33. The van der Waals surface area contributed by atoms with Crippen LogP contribution >= 0.6 is 0 Å². The smallest absolute Gasteiger partial charge is 0.183 e. The molecule has 6 nitrogen and oxygen atoms in total. The fourth-order valence-electron chi connectivity index (χ4n) is 3.57. The van der Waals surface area contributed by atoms with Gasteiger partial charge in [-0.2, -0.15) is 0 Å². The van der Waals surface area contributed by atoms with E-state index < -0.39 is 20.2 Å². The number of imidazole rings is 1. The van der Waals surface area contributed by atoms with Crippen molar-refractivity contribution in [2.75, 3.05) is 13.2 Å². The second-order valence-electron chi connectivity index (χ2n) is 9.87. The summed E-state index contributed by atoms with van der Waals surface area (Å²) in [7, 11) is -3.46. The predicted octanol–water partition coefficient (Wildman–Crippen LogP) is 3.45. The zero-order valence-electron chi connectivity index (χ0n) is 17.7. The summed E-state index contributed by atoms with van der Waals surface area (Å²) in [6.07, 6.45) is 1.15. The zero-order valence-corrected chi connectivity index (χ0v) is 18.6. The van der Waals surface area contributed by atoms with Crippen LogP contribution in [0.1, 0.15) is 60.2 Å². The van der Waals surface area contributed by atoms with E-state index in [2.05, 4.69) is 20.8 Å². The van der Waals surface area contributed by atoms with Crippen molar-refractivity contribution in [1.82, 2.24) is 9.55 Å². The Morgan fingerprint density at radius 3 is 2.29 bits per heavy atom. The van der Waals surface area contributed by atoms with Crippen LogP contribution in [0, 0.1) is 0 Å². The fraction of sp³-hybridized carbons (Fsp3) is 0.667. The monoisotopic (exact) mass is 408 g/mol. The number of aliphatic hydroxyl groups is 1. The van der Waals surface area contributed by atoms with Crippen LogP contribution < -0.4 is 0 Å². The van der Waals surface area contributed by atoms with E-state index in [1.54, 1.807) is 32.9 Å². The van der Waals surface area contributed by atoms with E-state index >= 15 is 0 Å². The quantitative estimate of drug-likeness (QED) is 0.841. The minimum atomic E-state index is -3.46. The second-order valence-corrected chi connectivity index (χ2v) is 12.6. The highest BCUT2D eigenvalue weighted by Gasteiger charge is 2.35. The first-order valence-corrected chi connectivity index (χ1v) is 11.3. The van der Waals surface area contributed by atoms with E-state index in [0.29, 0.717) is 38.1 Å². The molecule has 2 aromatic rings. The minimum Gasteiger partial charge on any atom is -0.388 e. The Balaban J connectivity index is 2.15. The molecule has 0 spiro atoms. The van der Waals surface area contributed by atoms with Crippen molar-refractivity contribution >= 4 is 20.9 Å². The molecular formula is C21H32N2O4S. The predicted molar refractivity (Wildman–Crippen MR) is 110 cm³/mol. The molecule has 1 aliphatic heterocycles. The molecule has 0 radical (unpaired) electrons. The number of hydrogen-bond acceptors (Lipinski definition) is 5. The van der Waals surface area contributed by atoms with Crippen molar-refractivity contribution in [3.8, 4) is 0 Å². The lowest BCUT2D eigenvalue weighted by atomic mass is 9.92. The first kappa shape index (κ1) is 21.3. The summed E-state index contributed by atoms with van der Waals surface area (Å²) < 4.78 is 32.3. The summed E-state index contributed by atoms with van der Waals surface area (Å²) in [5, 5.41) is 11.1. The standard InChI is InChI=1S/C21H32N2O4S/c1-19(2,3)18-22-16-13-15(28(25,26)20(4,5)6)7-8-17(16)23(18)14-21(24)9-11-27-12-10-21/h7-8,13,24H,9-12,14H2,1-6H3. The summed E-state index contributed by atoms with van der Waals surface area (Å²) in [5.74, 6) is 0.840. The minimum absolute atomic E-state index is 0.246. The van der Waals surface area contributed by atoms with E-state index in [1.807, 2.05) is 10.6 Å². The first-order valence-electron chi connectivity index (χ1n) is 9.80. The topological polar surface area (TPSA) is 81.4 Å². The number of aromatic nitrogens is 2. The molecule has 1 aromatic carbocycles. The number of benzene rings is 1. The molecule has 0 bridgehead atoms. The molecule has 1 aliphatic rings. The van der Waals surface area contributed by atoms with E-state index in [9.17, 15) is 13.5 Å². The van der Waals surface area contributed by atoms with Crippen LogP contribution in [-0.4, -0.2) is 46.6 Å². The van der Waals surface area contributed by atoms with Crippen LogP contribution in [0.3, 0.4) is 0 Å². The van der Waals surface area contributed by atoms with Crippen molar-refractivity contribution in [3.63, 3.8) is 0 Å². The van der Waals surface area contributed by atoms with E-state index in [1.165, 1.54) is 0 Å². The van der Waals surface area contributed by atoms with Gasteiger partial charge >= 0.3 is 0 Å². The summed E-state index contributed by atoms with van der Waals surface area (Å²) >= 11 is 0. The lowest BCUT2D eigenvalue weighted by molar-refractivity contribution is -0.0728. The van der Waals surface area contributed by atoms with Crippen molar-refractivity contribution in [1.29, 1.82) is 0 Å². The number of rotatable bonds is 3. The Labute approximate surface area is 167 Å². The molecule has 2 heterocycles. The van der Waals surface area contributed by atoms with Crippen molar-refractivity contribution in [2.45, 2.75) is 81.6 Å². The fourth-order valence-corrected chi connectivity index (χ4v) is 4.79. The zero-order chi connectivity index (χ0) is 21.0. The first-order chi connectivity index (χ1) is 12.7. The van der Waals surface area contributed by atoms with Gasteiger partial charge in [0.2, 0.25) is 0 Å². The third-order valence-electron chi connectivity index (χ3n) is 5.38. The highest BCUT2D eigenvalue weighted by molar-refractivity contribution is 7.92. The van der Waals surface area contributed by atoms with Crippen molar-refractivity contribution in [3.05, 3.63) is 24.0 Å². The van der Waals surface area contributed by atoms with Crippen LogP contribution in [0.25, 0.3) is 11.0 Å². The van der Waals surface area contributed by atoms with Gasteiger partial charge in [-0.15, -0.1) is 0 Å². The van der Waals surface area contributed by atoms with Crippen LogP contribution in [0.4, 0.5) is 0 Å². The van der Waals surface area contributed by atoms with Crippen LogP contribution in [0.15, 0.2) is 23.1 Å². The second kappa shape index (κ2) is 6.82. The Morgan fingerprint density at radius 1 is 1.14 bits per heavy atom. The van der Waals surface area contributed by atoms with E-state index in [-0.39, 0.29) is 10.3 Å². The van der Waals surface area contributed by atoms with Crippen LogP contribution in [0.5, 0.6) is 0 Å². The van der Waals surface area contributed by atoms with Gasteiger partial charge in [-0.1, -0.05) is 20.8 Å². The molecule has 0 atom stereocenters. The van der Waals surface area contributed by atoms with Crippen molar-refractivity contribution < 1.29 is 18.3 Å². The largest absolute Gasteiger partial charge is 0.388 e. The molecule has 0 amide bonds. The molecule has 1 saturated heterocycles. The number of hydrogen-bond donors (Lipinski definition) is 1. The van der Waals surface area contributed by atoms with E-state index in [4.69, 9.17) is 9.72 Å². The average molecular weight is 409 g/mol. The molecule has 1 fully saturated rings. The molecule has 7 heteroatoms. The molecule has 0 aliphatic carbocycles. The van der Waals surface area contributed by atoms with Gasteiger partial charge in [0, 0.05) is 31.5 Å². The van der Waals surface area contributed by atoms with Gasteiger partial charge < -0.3 is 14.4 Å². The SMILES string of the molecule is CC(C)(C)c1nc2cc(S(=O)(=O)C(C)(C)C)ccc2n1CC1(O)CCOCC1. The molecule has 3 rings (SSSR count). The Hall–Kier alpha value is -1.44. The van der Waals surface area contributed by atoms with Gasteiger partial charge in [0.1, 0.15) is 5.82 Å². The molecule has 1 N–H and O–H groups in total. The Kier molecular flexibility index (Phi) is 5.18. The van der Waals surface area contributed by atoms with Gasteiger partial charge in [-0.05, 0) is 39.0 Å². The van der Waals surface area contributed by atoms with Gasteiger partial charge in [0.25, 0.3) is 0 Å². The molecule has 0 saturated carbocycles. The molecular weight excluding hydrogens is 376 g/mol. The number of nitrogens with zero attached hydrogens (tertiary/aromatic N) is 2. The van der Waals surface area contributed by atoms with Crippen LogP contribution in [-0.2, 0) is 26.5 Å². The summed E-state index contributed by atoms with van der Waals surface area (Å²) in [4.78, 5) is 5.07. The molecule has 28 heavy (non-hydrogen) atoms.